The van der Waals surface area contributed by atoms with E-state index < -0.39 is 5.72 Å². The fourth-order valence-electron chi connectivity index (χ4n) is 6.43. The van der Waals surface area contributed by atoms with Gasteiger partial charge in [-0.05, 0) is 87.2 Å². The maximum Gasteiger partial charge on any atom is 0.120 e. The van der Waals surface area contributed by atoms with Gasteiger partial charge in [-0.3, -0.25) is 0 Å². The lowest BCUT2D eigenvalue weighted by Crippen LogP contribution is -2.46. The zero-order chi connectivity index (χ0) is 17.7. The molecule has 0 saturated heterocycles. The van der Waals surface area contributed by atoms with Crippen LogP contribution < -0.4 is 5.73 Å². The molecule has 2 heteroatoms. The second kappa shape index (κ2) is 6.29. The molecule has 2 nitrogen and oxygen atoms in total. The third-order valence-corrected chi connectivity index (χ3v) is 7.65. The summed E-state index contributed by atoms with van der Waals surface area (Å²) >= 11 is 0. The summed E-state index contributed by atoms with van der Waals surface area (Å²) in [5.74, 6) is 8.91. The zero-order valence-electron chi connectivity index (χ0n) is 16.2. The topological polar surface area (TPSA) is 35.2 Å². The van der Waals surface area contributed by atoms with Crippen molar-refractivity contribution in [2.75, 3.05) is 6.61 Å². The van der Waals surface area contributed by atoms with Gasteiger partial charge in [0, 0.05) is 18.9 Å². The molecule has 0 aromatic rings. The van der Waals surface area contributed by atoms with Gasteiger partial charge in [0.05, 0.1) is 0 Å². The van der Waals surface area contributed by atoms with Gasteiger partial charge in [0.2, 0.25) is 0 Å². The van der Waals surface area contributed by atoms with Crippen molar-refractivity contribution in [3.63, 3.8) is 0 Å². The number of fused-ring (bicyclic) bond motifs is 4. The van der Waals surface area contributed by atoms with Gasteiger partial charge < -0.3 is 10.5 Å². The number of ether oxygens (including phenoxy) is 1. The number of rotatable bonds is 2. The maximum absolute atomic E-state index is 6.51. The molecule has 0 aromatic carbocycles. The monoisotopic (exact) mass is 339 g/mol. The highest BCUT2D eigenvalue weighted by molar-refractivity contribution is 5.45. The molecule has 0 spiro atoms. The van der Waals surface area contributed by atoms with E-state index >= 15 is 0 Å². The molecule has 0 amide bonds. The van der Waals surface area contributed by atoms with Crippen molar-refractivity contribution in [3.05, 3.63) is 22.8 Å². The number of hydrogen-bond donors (Lipinski definition) is 1. The normalized spacial score (nSPS) is 42.7. The standard InChI is InChI=1S/C23H33NO/c1-4-6-17-8-10-21-20-9-7-16-15-23(24,25-5-2)14-12-18(16)19(20)11-13-22(17,21)3/h11,17,20-21H,5,7-10,12-15,24H2,1-3H3/t17?,20?,21?,22?,23-/m0/s1. The van der Waals surface area contributed by atoms with Crippen molar-refractivity contribution < 1.29 is 4.74 Å². The second-order valence-electron chi connectivity index (χ2n) is 8.90. The van der Waals surface area contributed by atoms with Crippen molar-refractivity contribution >= 4 is 0 Å². The molecule has 25 heavy (non-hydrogen) atoms. The molecule has 2 N–H and O–H groups in total. The van der Waals surface area contributed by atoms with Crippen LogP contribution in [0.25, 0.3) is 0 Å². The molecule has 1 fully saturated rings. The Kier molecular flexibility index (Phi) is 4.37. The predicted octanol–water partition coefficient (Wildman–Crippen LogP) is 4.95. The molecule has 4 rings (SSSR count). The van der Waals surface area contributed by atoms with Crippen LogP contribution in [-0.2, 0) is 4.74 Å². The van der Waals surface area contributed by atoms with E-state index in [1.807, 2.05) is 6.92 Å². The summed E-state index contributed by atoms with van der Waals surface area (Å²) in [6.07, 6.45) is 12.0. The Labute approximate surface area is 153 Å². The Morgan fingerprint density at radius 2 is 2.12 bits per heavy atom. The van der Waals surface area contributed by atoms with Crippen LogP contribution in [0.4, 0.5) is 0 Å². The molecule has 5 atom stereocenters. The zero-order valence-corrected chi connectivity index (χ0v) is 16.2. The molecule has 0 aliphatic heterocycles. The quantitative estimate of drug-likeness (QED) is 0.570. The Hall–Kier alpha value is -1.04. The van der Waals surface area contributed by atoms with Crippen molar-refractivity contribution in [1.29, 1.82) is 0 Å². The minimum Gasteiger partial charge on any atom is -0.361 e. The first-order valence-electron chi connectivity index (χ1n) is 10.3. The predicted molar refractivity (Wildman–Crippen MR) is 103 cm³/mol. The Morgan fingerprint density at radius 3 is 2.88 bits per heavy atom. The Bertz CT molecular complexity index is 678. The summed E-state index contributed by atoms with van der Waals surface area (Å²) in [6.45, 7) is 7.27. The third-order valence-electron chi connectivity index (χ3n) is 7.65. The molecule has 0 bridgehead atoms. The molecule has 1 saturated carbocycles. The molecule has 4 aliphatic rings. The lowest BCUT2D eigenvalue weighted by molar-refractivity contribution is -0.0455. The summed E-state index contributed by atoms with van der Waals surface area (Å²) in [4.78, 5) is 0. The number of nitrogens with two attached hydrogens (primary N) is 1. The molecule has 4 aliphatic carbocycles. The van der Waals surface area contributed by atoms with Gasteiger partial charge in [-0.2, -0.15) is 0 Å². The lowest BCUT2D eigenvalue weighted by Gasteiger charge is -2.48. The molecule has 136 valence electrons. The van der Waals surface area contributed by atoms with Crippen LogP contribution in [0.5, 0.6) is 0 Å². The van der Waals surface area contributed by atoms with Crippen molar-refractivity contribution in [1.82, 2.24) is 0 Å². The SMILES string of the molecule is CC#CC1CCC2C3CCC4=C(CC[C@](N)(OCC)C4)C3=CCC12C. The highest BCUT2D eigenvalue weighted by atomic mass is 16.5. The highest BCUT2D eigenvalue weighted by Crippen LogP contribution is 2.61. The van der Waals surface area contributed by atoms with Crippen LogP contribution in [0.3, 0.4) is 0 Å². The number of allylic oxidation sites excluding steroid dienone is 3. The van der Waals surface area contributed by atoms with Gasteiger partial charge in [-0.1, -0.05) is 24.5 Å². The first kappa shape index (κ1) is 17.4. The minimum absolute atomic E-state index is 0.396. The molecule has 4 unspecified atom stereocenters. The summed E-state index contributed by atoms with van der Waals surface area (Å²) in [7, 11) is 0. The summed E-state index contributed by atoms with van der Waals surface area (Å²) in [5.41, 5.74) is 11.4. The van der Waals surface area contributed by atoms with Crippen molar-refractivity contribution in [2.45, 2.75) is 77.9 Å². The van der Waals surface area contributed by atoms with E-state index in [1.54, 1.807) is 16.7 Å². The van der Waals surface area contributed by atoms with Crippen molar-refractivity contribution in [2.24, 2.45) is 28.9 Å². The van der Waals surface area contributed by atoms with Crippen LogP contribution in [0, 0.1) is 35.0 Å². The summed E-state index contributed by atoms with van der Waals surface area (Å²) in [6, 6.07) is 0. The first-order valence-corrected chi connectivity index (χ1v) is 10.3. The Morgan fingerprint density at radius 1 is 1.28 bits per heavy atom. The van der Waals surface area contributed by atoms with Gasteiger partial charge in [0.25, 0.3) is 0 Å². The van der Waals surface area contributed by atoms with Gasteiger partial charge >= 0.3 is 0 Å². The number of hydrogen-bond acceptors (Lipinski definition) is 2. The lowest BCUT2D eigenvalue weighted by atomic mass is 9.57. The van der Waals surface area contributed by atoms with E-state index in [0.717, 1.165) is 31.1 Å². The fourth-order valence-corrected chi connectivity index (χ4v) is 6.43. The second-order valence-corrected chi connectivity index (χ2v) is 8.90. The average Bonchev–Trinajstić information content (AvgIpc) is 2.91. The van der Waals surface area contributed by atoms with Crippen LogP contribution in [0.1, 0.15) is 72.1 Å². The van der Waals surface area contributed by atoms with Crippen LogP contribution in [0.15, 0.2) is 22.8 Å². The highest BCUT2D eigenvalue weighted by Gasteiger charge is 2.52. The van der Waals surface area contributed by atoms with E-state index in [9.17, 15) is 0 Å². The molecular formula is C23H33NO. The van der Waals surface area contributed by atoms with E-state index in [-0.39, 0.29) is 0 Å². The van der Waals surface area contributed by atoms with E-state index in [0.29, 0.717) is 17.9 Å². The van der Waals surface area contributed by atoms with E-state index in [4.69, 9.17) is 10.5 Å². The van der Waals surface area contributed by atoms with Gasteiger partial charge in [-0.15, -0.1) is 5.92 Å². The van der Waals surface area contributed by atoms with E-state index in [1.165, 1.54) is 32.1 Å². The van der Waals surface area contributed by atoms with E-state index in [2.05, 4.69) is 31.8 Å². The molecule has 0 radical (unpaired) electrons. The van der Waals surface area contributed by atoms with Gasteiger partial charge in [0.1, 0.15) is 5.72 Å². The summed E-state index contributed by atoms with van der Waals surface area (Å²) < 4.78 is 5.89. The fraction of sp³-hybridized carbons (Fsp3) is 0.739. The van der Waals surface area contributed by atoms with Crippen molar-refractivity contribution in [3.8, 4) is 11.8 Å². The smallest absolute Gasteiger partial charge is 0.120 e. The van der Waals surface area contributed by atoms with Crippen LogP contribution >= 0.6 is 0 Å². The molecule has 0 heterocycles. The van der Waals surface area contributed by atoms with Gasteiger partial charge in [0.15, 0.2) is 0 Å². The Balaban J connectivity index is 1.63. The van der Waals surface area contributed by atoms with Gasteiger partial charge in [-0.25, -0.2) is 0 Å². The summed E-state index contributed by atoms with van der Waals surface area (Å²) in [5, 5.41) is 0. The maximum atomic E-state index is 6.51. The molecule has 0 aromatic heterocycles. The average molecular weight is 340 g/mol. The van der Waals surface area contributed by atoms with Crippen LogP contribution in [0.2, 0.25) is 0 Å². The van der Waals surface area contributed by atoms with Crippen LogP contribution in [-0.4, -0.2) is 12.3 Å². The minimum atomic E-state index is -0.417. The molecular weight excluding hydrogens is 306 g/mol. The largest absolute Gasteiger partial charge is 0.361 e. The first-order chi connectivity index (χ1) is 12.0. The third kappa shape index (κ3) is 2.71.